The average Bonchev–Trinajstić information content (AvgIpc) is 2.13. The Kier molecular flexibility index (Phi) is 7.54. The van der Waals surface area contributed by atoms with E-state index in [2.05, 4.69) is 10.6 Å². The largest absolute Gasteiger partial charge is 0.369 e. The Labute approximate surface area is 96.9 Å². The molecular weight excluding hydrogens is 208 g/mol. The third-order valence-electron chi connectivity index (χ3n) is 1.67. The Morgan fingerprint density at radius 2 is 1.75 bits per heavy atom. The molecule has 0 aliphatic carbocycles. The summed E-state index contributed by atoms with van der Waals surface area (Å²) >= 11 is 0. The third-order valence-corrected chi connectivity index (χ3v) is 1.67. The highest BCUT2D eigenvalue weighted by Crippen LogP contribution is 1.87. The van der Waals surface area contributed by atoms with Crippen LogP contribution in [0.4, 0.5) is 0 Å². The number of ether oxygens (including phenoxy) is 1. The summed E-state index contributed by atoms with van der Waals surface area (Å²) in [6.07, 6.45) is 0.334. The van der Waals surface area contributed by atoms with Crippen molar-refractivity contribution in [3.63, 3.8) is 0 Å². The quantitative estimate of drug-likeness (QED) is 0.667. The Morgan fingerprint density at radius 3 is 2.25 bits per heavy atom. The monoisotopic (exact) mass is 230 g/mol. The van der Waals surface area contributed by atoms with Gasteiger partial charge in [0.2, 0.25) is 11.8 Å². The highest BCUT2D eigenvalue weighted by atomic mass is 16.5. The van der Waals surface area contributed by atoms with Gasteiger partial charge in [-0.25, -0.2) is 0 Å². The lowest BCUT2D eigenvalue weighted by atomic mass is 10.3. The smallest absolute Gasteiger partial charge is 0.246 e. The molecule has 2 N–H and O–H groups in total. The molecule has 0 aliphatic rings. The molecule has 0 saturated heterocycles. The van der Waals surface area contributed by atoms with Crippen molar-refractivity contribution in [1.82, 2.24) is 10.6 Å². The average molecular weight is 230 g/mol. The van der Waals surface area contributed by atoms with Crippen molar-refractivity contribution >= 4 is 11.8 Å². The fourth-order valence-corrected chi connectivity index (χ4v) is 1.00. The summed E-state index contributed by atoms with van der Waals surface area (Å²) in [5, 5.41) is 5.36. The van der Waals surface area contributed by atoms with Gasteiger partial charge in [0.15, 0.2) is 0 Å². The van der Waals surface area contributed by atoms with Crippen molar-refractivity contribution in [3.05, 3.63) is 0 Å². The highest BCUT2D eigenvalue weighted by Gasteiger charge is 2.05. The van der Waals surface area contributed by atoms with Crippen LogP contribution >= 0.6 is 0 Å². The maximum atomic E-state index is 11.2. The first-order chi connectivity index (χ1) is 7.41. The molecule has 0 aliphatic heterocycles. The molecule has 2 amide bonds. The van der Waals surface area contributed by atoms with E-state index in [1.807, 2.05) is 27.7 Å². The number of nitrogens with one attached hydrogen (secondary N) is 2. The molecule has 5 nitrogen and oxygen atoms in total. The summed E-state index contributed by atoms with van der Waals surface area (Å²) in [6.45, 7) is 7.91. The molecule has 0 atom stereocenters. The van der Waals surface area contributed by atoms with Gasteiger partial charge in [-0.15, -0.1) is 0 Å². The van der Waals surface area contributed by atoms with Crippen molar-refractivity contribution in [3.8, 4) is 0 Å². The second kappa shape index (κ2) is 8.10. The molecule has 0 rings (SSSR count). The van der Waals surface area contributed by atoms with E-state index in [1.54, 1.807) is 0 Å². The van der Waals surface area contributed by atoms with Crippen LogP contribution < -0.4 is 10.6 Å². The fourth-order valence-electron chi connectivity index (χ4n) is 1.00. The van der Waals surface area contributed by atoms with Crippen LogP contribution in [0.3, 0.4) is 0 Å². The number of rotatable bonds is 7. The molecule has 0 bridgehead atoms. The van der Waals surface area contributed by atoms with Gasteiger partial charge in [0.1, 0.15) is 6.61 Å². The molecule has 0 aromatic rings. The number of carbonyl (C=O) groups is 2. The highest BCUT2D eigenvalue weighted by molar-refractivity contribution is 5.79. The van der Waals surface area contributed by atoms with Crippen LogP contribution in [0.2, 0.25) is 0 Å². The van der Waals surface area contributed by atoms with E-state index in [0.29, 0.717) is 13.0 Å². The van der Waals surface area contributed by atoms with Gasteiger partial charge in [-0.1, -0.05) is 0 Å². The van der Waals surface area contributed by atoms with E-state index in [0.717, 1.165) is 0 Å². The van der Waals surface area contributed by atoms with Crippen LogP contribution in [0.15, 0.2) is 0 Å². The fraction of sp³-hybridized carbons (Fsp3) is 0.818. The van der Waals surface area contributed by atoms with Crippen LogP contribution in [0.5, 0.6) is 0 Å². The van der Waals surface area contributed by atoms with Gasteiger partial charge in [-0.05, 0) is 27.7 Å². The maximum absolute atomic E-state index is 11.2. The second-order valence-corrected chi connectivity index (χ2v) is 4.18. The van der Waals surface area contributed by atoms with Crippen LogP contribution in [0.1, 0.15) is 34.1 Å². The molecular formula is C11H22N2O3. The topological polar surface area (TPSA) is 67.4 Å². The molecule has 0 fully saturated rings. The zero-order valence-electron chi connectivity index (χ0n) is 10.5. The van der Waals surface area contributed by atoms with E-state index < -0.39 is 0 Å². The lowest BCUT2D eigenvalue weighted by molar-refractivity contribution is -0.127. The lowest BCUT2D eigenvalue weighted by Crippen LogP contribution is -2.35. The molecule has 0 spiro atoms. The summed E-state index contributed by atoms with van der Waals surface area (Å²) in [6, 6.07) is 0.132. The number of hydrogen-bond donors (Lipinski definition) is 2. The first kappa shape index (κ1) is 14.9. The lowest BCUT2D eigenvalue weighted by Gasteiger charge is -2.10. The molecule has 0 radical (unpaired) electrons. The zero-order chi connectivity index (χ0) is 12.6. The minimum atomic E-state index is -0.189. The SMILES string of the molecule is CC(C)NC(=O)CCNC(=O)COC(C)C. The Balaban J connectivity index is 3.50. The van der Waals surface area contributed by atoms with Crippen LogP contribution in [0, 0.1) is 0 Å². The van der Waals surface area contributed by atoms with Gasteiger partial charge in [0.25, 0.3) is 0 Å². The third kappa shape index (κ3) is 9.45. The van der Waals surface area contributed by atoms with Gasteiger partial charge >= 0.3 is 0 Å². The van der Waals surface area contributed by atoms with Crippen LogP contribution in [-0.2, 0) is 14.3 Å². The Morgan fingerprint density at radius 1 is 1.12 bits per heavy atom. The van der Waals surface area contributed by atoms with Gasteiger partial charge in [-0.2, -0.15) is 0 Å². The Bertz CT molecular complexity index is 227. The molecule has 94 valence electrons. The van der Waals surface area contributed by atoms with Crippen LogP contribution in [-0.4, -0.2) is 37.1 Å². The molecule has 5 heteroatoms. The molecule has 0 heterocycles. The van der Waals surface area contributed by atoms with Crippen molar-refractivity contribution < 1.29 is 14.3 Å². The first-order valence-corrected chi connectivity index (χ1v) is 5.59. The molecule has 0 aromatic carbocycles. The van der Waals surface area contributed by atoms with E-state index >= 15 is 0 Å². The van der Waals surface area contributed by atoms with Crippen molar-refractivity contribution in [2.24, 2.45) is 0 Å². The first-order valence-electron chi connectivity index (χ1n) is 5.59. The molecule has 0 unspecified atom stereocenters. The van der Waals surface area contributed by atoms with Crippen molar-refractivity contribution in [1.29, 1.82) is 0 Å². The number of amides is 2. The van der Waals surface area contributed by atoms with Gasteiger partial charge < -0.3 is 15.4 Å². The maximum Gasteiger partial charge on any atom is 0.246 e. The van der Waals surface area contributed by atoms with Crippen LogP contribution in [0.25, 0.3) is 0 Å². The van der Waals surface area contributed by atoms with E-state index in [4.69, 9.17) is 4.74 Å². The molecule has 0 saturated carbocycles. The van der Waals surface area contributed by atoms with Crippen molar-refractivity contribution in [2.75, 3.05) is 13.2 Å². The van der Waals surface area contributed by atoms with E-state index in [1.165, 1.54) is 0 Å². The summed E-state index contributed by atoms with van der Waals surface area (Å²) in [5.41, 5.74) is 0. The molecule has 16 heavy (non-hydrogen) atoms. The van der Waals surface area contributed by atoms with Gasteiger partial charge in [0.05, 0.1) is 6.10 Å². The molecule has 0 aromatic heterocycles. The minimum absolute atomic E-state index is 0.0370. The van der Waals surface area contributed by atoms with E-state index in [-0.39, 0.29) is 30.6 Å². The number of hydrogen-bond acceptors (Lipinski definition) is 3. The summed E-state index contributed by atoms with van der Waals surface area (Å²) in [4.78, 5) is 22.4. The number of carbonyl (C=O) groups excluding carboxylic acids is 2. The van der Waals surface area contributed by atoms with Gasteiger partial charge in [-0.3, -0.25) is 9.59 Å². The Hall–Kier alpha value is -1.10. The summed E-state index contributed by atoms with van der Waals surface area (Å²) in [7, 11) is 0. The zero-order valence-corrected chi connectivity index (χ0v) is 10.5. The normalized spacial score (nSPS) is 10.6. The summed E-state index contributed by atoms with van der Waals surface area (Å²) < 4.78 is 5.11. The minimum Gasteiger partial charge on any atom is -0.369 e. The second-order valence-electron chi connectivity index (χ2n) is 4.18. The predicted molar refractivity (Wildman–Crippen MR) is 62.0 cm³/mol. The van der Waals surface area contributed by atoms with Gasteiger partial charge in [0, 0.05) is 19.0 Å². The van der Waals surface area contributed by atoms with E-state index in [9.17, 15) is 9.59 Å². The van der Waals surface area contributed by atoms with Crippen molar-refractivity contribution in [2.45, 2.75) is 46.3 Å². The predicted octanol–water partition coefficient (Wildman–Crippen LogP) is 0.442. The summed E-state index contributed by atoms with van der Waals surface area (Å²) in [5.74, 6) is -0.244. The standard InChI is InChI=1S/C11H22N2O3/c1-8(2)13-10(14)5-6-12-11(15)7-16-9(3)4/h8-9H,5-7H2,1-4H3,(H,12,15)(H,13,14).